The van der Waals surface area contributed by atoms with Crippen LogP contribution < -0.4 is 0 Å². The molecule has 0 heterocycles. The highest BCUT2D eigenvalue weighted by atomic mass is 16.5. The number of fused-ring (bicyclic) bond motifs is 3. The van der Waals surface area contributed by atoms with Crippen molar-refractivity contribution in [3.8, 4) is 11.1 Å². The van der Waals surface area contributed by atoms with Crippen LogP contribution in [0.15, 0.2) is 48.5 Å². The molecule has 0 amide bonds. The van der Waals surface area contributed by atoms with Crippen LogP contribution in [-0.2, 0) is 14.9 Å². The van der Waals surface area contributed by atoms with E-state index in [4.69, 9.17) is 4.74 Å². The number of carbonyl (C=O) groups is 1. The minimum Gasteiger partial charge on any atom is -0.469 e. The third kappa shape index (κ3) is 4.10. The van der Waals surface area contributed by atoms with E-state index in [2.05, 4.69) is 55.5 Å². The third-order valence-electron chi connectivity index (χ3n) is 6.12. The molecule has 0 saturated carbocycles. The average Bonchev–Trinajstić information content (AvgIpc) is 2.99. The van der Waals surface area contributed by atoms with Gasteiger partial charge in [-0.25, -0.2) is 0 Å². The van der Waals surface area contributed by atoms with E-state index in [0.29, 0.717) is 6.42 Å². The van der Waals surface area contributed by atoms with E-state index in [1.54, 1.807) is 0 Å². The van der Waals surface area contributed by atoms with Gasteiger partial charge in [-0.2, -0.15) is 0 Å². The predicted octanol–water partition coefficient (Wildman–Crippen LogP) is 6.66. The number of unbranched alkanes of at least 4 members (excludes halogenated alkanes) is 5. The molecule has 0 radical (unpaired) electrons. The second-order valence-corrected chi connectivity index (χ2v) is 7.77. The smallest absolute Gasteiger partial charge is 0.305 e. The van der Waals surface area contributed by atoms with Crippen LogP contribution in [0.3, 0.4) is 0 Å². The second-order valence-electron chi connectivity index (χ2n) is 7.77. The van der Waals surface area contributed by atoms with Crippen molar-refractivity contribution in [1.29, 1.82) is 0 Å². The van der Waals surface area contributed by atoms with Crippen molar-refractivity contribution in [3.63, 3.8) is 0 Å². The van der Waals surface area contributed by atoms with Crippen LogP contribution in [0, 0.1) is 0 Å². The van der Waals surface area contributed by atoms with E-state index in [0.717, 1.165) is 12.8 Å². The standard InChI is InChI=1S/C25H32O2/c1-3-4-5-6-7-12-18-25(19-17-24(26)27-2)22-15-10-8-13-20(22)21-14-9-11-16-23(21)25/h8-11,13-16H,3-7,12,17-19H2,1-2H3. The number of hydrogen-bond donors (Lipinski definition) is 0. The van der Waals surface area contributed by atoms with Gasteiger partial charge < -0.3 is 4.74 Å². The zero-order valence-electron chi connectivity index (χ0n) is 16.8. The minimum absolute atomic E-state index is 0.0634. The zero-order valence-corrected chi connectivity index (χ0v) is 16.8. The van der Waals surface area contributed by atoms with Gasteiger partial charge in [0.1, 0.15) is 0 Å². The minimum atomic E-state index is -0.112. The molecule has 3 rings (SSSR count). The molecule has 0 spiro atoms. The van der Waals surface area contributed by atoms with Gasteiger partial charge in [0.15, 0.2) is 0 Å². The van der Waals surface area contributed by atoms with Crippen LogP contribution in [-0.4, -0.2) is 13.1 Å². The van der Waals surface area contributed by atoms with E-state index in [1.165, 1.54) is 67.9 Å². The molecule has 0 bridgehead atoms. The Morgan fingerprint density at radius 3 is 1.96 bits per heavy atom. The van der Waals surface area contributed by atoms with Crippen molar-refractivity contribution < 1.29 is 9.53 Å². The number of carbonyl (C=O) groups excluding carboxylic acids is 1. The van der Waals surface area contributed by atoms with Crippen LogP contribution in [0.25, 0.3) is 11.1 Å². The van der Waals surface area contributed by atoms with E-state index < -0.39 is 0 Å². The van der Waals surface area contributed by atoms with Gasteiger partial charge in [0.2, 0.25) is 0 Å². The number of methoxy groups -OCH3 is 1. The summed E-state index contributed by atoms with van der Waals surface area (Å²) < 4.78 is 4.96. The molecule has 1 aliphatic rings. The number of esters is 1. The maximum atomic E-state index is 12.0. The fourth-order valence-electron chi connectivity index (χ4n) is 4.70. The summed E-state index contributed by atoms with van der Waals surface area (Å²) in [4.78, 5) is 12.0. The van der Waals surface area contributed by atoms with Crippen molar-refractivity contribution >= 4 is 5.97 Å². The Morgan fingerprint density at radius 2 is 1.37 bits per heavy atom. The maximum Gasteiger partial charge on any atom is 0.305 e. The SMILES string of the molecule is CCCCCCCCC1(CCC(=O)OC)c2ccccc2-c2ccccc21. The fraction of sp³-hybridized carbons (Fsp3) is 0.480. The average molecular weight is 365 g/mol. The first-order valence-electron chi connectivity index (χ1n) is 10.5. The van der Waals surface area contributed by atoms with Gasteiger partial charge in [0.25, 0.3) is 0 Å². The van der Waals surface area contributed by atoms with Crippen LogP contribution in [0.1, 0.15) is 75.8 Å². The molecule has 2 aromatic rings. The normalized spacial score (nSPS) is 13.9. The molecule has 2 heteroatoms. The summed E-state index contributed by atoms with van der Waals surface area (Å²) in [7, 11) is 1.49. The van der Waals surface area contributed by atoms with E-state index in [-0.39, 0.29) is 11.4 Å². The fourth-order valence-corrected chi connectivity index (χ4v) is 4.70. The molecule has 0 aliphatic heterocycles. The Labute approximate surface area is 164 Å². The van der Waals surface area contributed by atoms with Crippen molar-refractivity contribution in [2.75, 3.05) is 7.11 Å². The summed E-state index contributed by atoms with van der Waals surface area (Å²) in [6, 6.07) is 17.5. The van der Waals surface area contributed by atoms with E-state index in [1.807, 2.05) is 0 Å². The molecule has 0 saturated heterocycles. The highest BCUT2D eigenvalue weighted by Crippen LogP contribution is 2.53. The van der Waals surface area contributed by atoms with Gasteiger partial charge in [0.05, 0.1) is 7.11 Å². The summed E-state index contributed by atoms with van der Waals surface area (Å²) in [5.74, 6) is -0.112. The first-order chi connectivity index (χ1) is 13.2. The Bertz CT molecular complexity index is 717. The summed E-state index contributed by atoms with van der Waals surface area (Å²) in [5, 5.41) is 0. The van der Waals surface area contributed by atoms with Gasteiger partial charge in [-0.1, -0.05) is 94.0 Å². The van der Waals surface area contributed by atoms with Gasteiger partial charge in [-0.15, -0.1) is 0 Å². The van der Waals surface area contributed by atoms with Gasteiger partial charge in [-0.05, 0) is 35.1 Å². The maximum absolute atomic E-state index is 12.0. The molecule has 1 aliphatic carbocycles. The molecular formula is C25H32O2. The number of ether oxygens (including phenoxy) is 1. The van der Waals surface area contributed by atoms with Crippen molar-refractivity contribution in [2.45, 2.75) is 70.1 Å². The Balaban J connectivity index is 1.88. The summed E-state index contributed by atoms with van der Waals surface area (Å²) >= 11 is 0. The van der Waals surface area contributed by atoms with E-state index in [9.17, 15) is 4.79 Å². The first-order valence-corrected chi connectivity index (χ1v) is 10.5. The van der Waals surface area contributed by atoms with E-state index >= 15 is 0 Å². The molecule has 0 fully saturated rings. The first kappa shape index (κ1) is 19.7. The van der Waals surface area contributed by atoms with Crippen LogP contribution in [0.4, 0.5) is 0 Å². The molecule has 0 aromatic heterocycles. The Morgan fingerprint density at radius 1 is 0.815 bits per heavy atom. The molecule has 0 N–H and O–H groups in total. The Hall–Kier alpha value is -2.09. The molecule has 2 aromatic carbocycles. The van der Waals surface area contributed by atoms with Crippen molar-refractivity contribution in [3.05, 3.63) is 59.7 Å². The lowest BCUT2D eigenvalue weighted by Gasteiger charge is -2.32. The number of hydrogen-bond acceptors (Lipinski definition) is 2. The zero-order chi connectivity index (χ0) is 19.1. The second kappa shape index (κ2) is 9.21. The van der Waals surface area contributed by atoms with Crippen LogP contribution >= 0.6 is 0 Å². The molecule has 0 unspecified atom stereocenters. The lowest BCUT2D eigenvalue weighted by atomic mass is 9.71. The van der Waals surface area contributed by atoms with Crippen molar-refractivity contribution in [1.82, 2.24) is 0 Å². The molecule has 2 nitrogen and oxygen atoms in total. The van der Waals surface area contributed by atoms with Gasteiger partial charge >= 0.3 is 5.97 Å². The molecule has 27 heavy (non-hydrogen) atoms. The van der Waals surface area contributed by atoms with Gasteiger partial charge in [-0.3, -0.25) is 4.79 Å². The summed E-state index contributed by atoms with van der Waals surface area (Å²) in [6.07, 6.45) is 10.1. The highest BCUT2D eigenvalue weighted by molar-refractivity contribution is 5.81. The van der Waals surface area contributed by atoms with Crippen LogP contribution in [0.2, 0.25) is 0 Å². The lowest BCUT2D eigenvalue weighted by Crippen LogP contribution is -2.26. The molecular weight excluding hydrogens is 332 g/mol. The summed E-state index contributed by atoms with van der Waals surface area (Å²) in [6.45, 7) is 2.26. The van der Waals surface area contributed by atoms with Gasteiger partial charge in [0, 0.05) is 11.8 Å². The van der Waals surface area contributed by atoms with Crippen LogP contribution in [0.5, 0.6) is 0 Å². The van der Waals surface area contributed by atoms with Crippen molar-refractivity contribution in [2.24, 2.45) is 0 Å². The number of rotatable bonds is 10. The monoisotopic (exact) mass is 364 g/mol. The third-order valence-corrected chi connectivity index (χ3v) is 6.12. The largest absolute Gasteiger partial charge is 0.469 e. The predicted molar refractivity (Wildman–Crippen MR) is 112 cm³/mol. The summed E-state index contributed by atoms with van der Waals surface area (Å²) in [5.41, 5.74) is 5.40. The highest BCUT2D eigenvalue weighted by Gasteiger charge is 2.42. The lowest BCUT2D eigenvalue weighted by molar-refractivity contribution is -0.141. The Kier molecular flexibility index (Phi) is 6.71. The number of benzene rings is 2. The topological polar surface area (TPSA) is 26.3 Å². The molecule has 0 atom stereocenters. The quantitative estimate of drug-likeness (QED) is 0.348. The molecule has 144 valence electrons.